The Morgan fingerprint density at radius 3 is 2.49 bits per heavy atom. The Kier molecular flexibility index (Phi) is 6.24. The van der Waals surface area contributed by atoms with Gasteiger partial charge in [0.15, 0.2) is 0 Å². The minimum absolute atomic E-state index is 0.102. The summed E-state index contributed by atoms with van der Waals surface area (Å²) in [5, 5.41) is 16.1. The second-order valence-corrected chi connectivity index (χ2v) is 9.07. The van der Waals surface area contributed by atoms with Gasteiger partial charge < -0.3 is 14.2 Å². The zero-order chi connectivity index (χ0) is 24.4. The predicted molar refractivity (Wildman–Crippen MR) is 135 cm³/mol. The molecule has 0 saturated carbocycles. The van der Waals surface area contributed by atoms with Crippen molar-refractivity contribution in [3.8, 4) is 28.4 Å². The molecule has 0 radical (unpaired) electrons. The van der Waals surface area contributed by atoms with Crippen LogP contribution in [0, 0.1) is 20.8 Å². The summed E-state index contributed by atoms with van der Waals surface area (Å²) in [6, 6.07) is 19.6. The third kappa shape index (κ3) is 5.04. The molecule has 0 aliphatic rings. The number of para-hydroxylation sites is 1. The molecule has 1 amide bonds. The van der Waals surface area contributed by atoms with Crippen molar-refractivity contribution in [3.05, 3.63) is 83.8 Å². The fourth-order valence-corrected chi connectivity index (χ4v) is 4.35. The number of thioether (sulfide) groups is 1. The van der Waals surface area contributed by atoms with Gasteiger partial charge in [0.1, 0.15) is 11.6 Å². The van der Waals surface area contributed by atoms with E-state index in [0.717, 1.165) is 33.6 Å². The molecular weight excluding hydrogens is 462 g/mol. The Hall–Kier alpha value is -4.11. The molecule has 5 rings (SSSR count). The highest BCUT2D eigenvalue weighted by Crippen LogP contribution is 2.28. The zero-order valence-electron chi connectivity index (χ0n) is 19.5. The van der Waals surface area contributed by atoms with Crippen LogP contribution in [0.3, 0.4) is 0 Å². The summed E-state index contributed by atoms with van der Waals surface area (Å²) in [5.41, 5.74) is 5.67. The molecule has 35 heavy (non-hydrogen) atoms. The SMILES string of the molecule is Cc1cc(C)cc(-c2cc(NC(=O)CSc3nnc(-c4ccoc4C)o3)n(-c3ccccc3)n2)c1. The Balaban J connectivity index is 1.35. The fraction of sp³-hybridized carbons (Fsp3) is 0.154. The summed E-state index contributed by atoms with van der Waals surface area (Å²) in [5.74, 6) is 1.52. The third-order valence-corrected chi connectivity index (χ3v) is 6.14. The quantitative estimate of drug-likeness (QED) is 0.289. The van der Waals surface area contributed by atoms with Crippen molar-refractivity contribution in [2.24, 2.45) is 0 Å². The molecule has 1 N–H and O–H groups in total. The minimum Gasteiger partial charge on any atom is -0.469 e. The lowest BCUT2D eigenvalue weighted by atomic mass is 10.1. The Labute approximate surface area is 206 Å². The van der Waals surface area contributed by atoms with Crippen molar-refractivity contribution >= 4 is 23.5 Å². The molecule has 0 atom stereocenters. The Morgan fingerprint density at radius 1 is 1.00 bits per heavy atom. The molecule has 3 aromatic heterocycles. The maximum atomic E-state index is 12.8. The number of aromatic nitrogens is 4. The predicted octanol–water partition coefficient (Wildman–Crippen LogP) is 5.84. The van der Waals surface area contributed by atoms with Crippen LogP contribution in [0.15, 0.2) is 81.0 Å². The molecule has 0 saturated heterocycles. The van der Waals surface area contributed by atoms with Crippen molar-refractivity contribution < 1.29 is 13.6 Å². The lowest BCUT2D eigenvalue weighted by Crippen LogP contribution is -2.16. The van der Waals surface area contributed by atoms with Crippen LogP contribution in [0.5, 0.6) is 0 Å². The second kappa shape index (κ2) is 9.63. The molecule has 0 unspecified atom stereocenters. The number of aryl methyl sites for hydroxylation is 3. The fourth-order valence-electron chi connectivity index (χ4n) is 3.79. The number of nitrogens with one attached hydrogen (secondary N) is 1. The summed E-state index contributed by atoms with van der Waals surface area (Å²) in [6.07, 6.45) is 1.57. The highest BCUT2D eigenvalue weighted by molar-refractivity contribution is 7.99. The van der Waals surface area contributed by atoms with Crippen LogP contribution in [-0.2, 0) is 4.79 Å². The van der Waals surface area contributed by atoms with Crippen molar-refractivity contribution in [2.45, 2.75) is 26.0 Å². The molecule has 3 heterocycles. The number of furan rings is 1. The number of rotatable bonds is 7. The molecule has 0 aliphatic heterocycles. The van der Waals surface area contributed by atoms with Crippen LogP contribution < -0.4 is 5.32 Å². The summed E-state index contributed by atoms with van der Waals surface area (Å²) >= 11 is 1.17. The number of benzene rings is 2. The minimum atomic E-state index is -0.210. The number of hydrogen-bond donors (Lipinski definition) is 1. The Morgan fingerprint density at radius 2 is 1.77 bits per heavy atom. The van der Waals surface area contributed by atoms with Gasteiger partial charge in [-0.25, -0.2) is 4.68 Å². The molecule has 0 fully saturated rings. The first-order valence-electron chi connectivity index (χ1n) is 11.0. The van der Waals surface area contributed by atoms with Crippen LogP contribution in [0.25, 0.3) is 28.4 Å². The van der Waals surface area contributed by atoms with Gasteiger partial charge in [-0.15, -0.1) is 10.2 Å². The lowest BCUT2D eigenvalue weighted by molar-refractivity contribution is -0.113. The molecule has 8 nitrogen and oxygen atoms in total. The first-order chi connectivity index (χ1) is 17.0. The average Bonchev–Trinajstić information content (AvgIpc) is 3.57. The van der Waals surface area contributed by atoms with Crippen LogP contribution in [-0.4, -0.2) is 31.6 Å². The van der Waals surface area contributed by atoms with Gasteiger partial charge in [0.2, 0.25) is 5.91 Å². The number of hydrogen-bond acceptors (Lipinski definition) is 7. The van der Waals surface area contributed by atoms with Crippen molar-refractivity contribution in [1.29, 1.82) is 0 Å². The number of carbonyl (C=O) groups excluding carboxylic acids is 1. The van der Waals surface area contributed by atoms with E-state index in [9.17, 15) is 4.79 Å². The van der Waals surface area contributed by atoms with Crippen LogP contribution in [0.2, 0.25) is 0 Å². The highest BCUT2D eigenvalue weighted by Gasteiger charge is 2.17. The summed E-state index contributed by atoms with van der Waals surface area (Å²) in [6.45, 7) is 5.94. The number of nitrogens with zero attached hydrogens (tertiary/aromatic N) is 4. The van der Waals surface area contributed by atoms with Gasteiger partial charge in [-0.2, -0.15) is 5.10 Å². The van der Waals surface area contributed by atoms with E-state index in [4.69, 9.17) is 13.9 Å². The standard InChI is InChI=1S/C26H23N5O3S/c1-16-11-17(2)13-19(12-16)22-14-23(31(30-22)20-7-5-4-6-8-20)27-24(32)15-35-26-29-28-25(34-26)21-9-10-33-18(21)3/h4-14H,15H2,1-3H3,(H,27,32). The molecule has 9 heteroatoms. The molecule has 0 aliphatic carbocycles. The van der Waals surface area contributed by atoms with Crippen molar-refractivity contribution in [3.63, 3.8) is 0 Å². The molecule has 2 aromatic carbocycles. The van der Waals surface area contributed by atoms with Gasteiger partial charge in [-0.3, -0.25) is 4.79 Å². The average molecular weight is 486 g/mol. The van der Waals surface area contributed by atoms with E-state index in [0.29, 0.717) is 22.7 Å². The summed E-state index contributed by atoms with van der Waals surface area (Å²) in [4.78, 5) is 12.8. The topological polar surface area (TPSA) is 99.0 Å². The largest absolute Gasteiger partial charge is 0.469 e. The molecule has 176 valence electrons. The van der Waals surface area contributed by atoms with Gasteiger partial charge in [0.05, 0.1) is 29.0 Å². The van der Waals surface area contributed by atoms with E-state index in [1.165, 1.54) is 11.8 Å². The smallest absolute Gasteiger partial charge is 0.277 e. The molecule has 5 aromatic rings. The zero-order valence-corrected chi connectivity index (χ0v) is 20.3. The normalized spacial score (nSPS) is 11.1. The number of carbonyl (C=O) groups is 1. The highest BCUT2D eigenvalue weighted by atomic mass is 32.2. The third-order valence-electron chi connectivity index (χ3n) is 5.32. The van der Waals surface area contributed by atoms with Gasteiger partial charge >= 0.3 is 0 Å². The van der Waals surface area contributed by atoms with E-state index < -0.39 is 0 Å². The van der Waals surface area contributed by atoms with Gasteiger partial charge in [0.25, 0.3) is 11.1 Å². The van der Waals surface area contributed by atoms with Crippen LogP contribution in [0.1, 0.15) is 16.9 Å². The first-order valence-corrected chi connectivity index (χ1v) is 12.0. The van der Waals surface area contributed by atoms with E-state index in [1.807, 2.05) is 43.3 Å². The van der Waals surface area contributed by atoms with Crippen molar-refractivity contribution in [1.82, 2.24) is 20.0 Å². The van der Waals surface area contributed by atoms with Gasteiger partial charge in [-0.1, -0.05) is 47.2 Å². The second-order valence-electron chi connectivity index (χ2n) is 8.14. The lowest BCUT2D eigenvalue weighted by Gasteiger charge is -2.08. The molecule has 0 bridgehead atoms. The van der Waals surface area contributed by atoms with E-state index in [-0.39, 0.29) is 11.7 Å². The number of amides is 1. The van der Waals surface area contributed by atoms with Gasteiger partial charge in [0, 0.05) is 11.6 Å². The summed E-state index contributed by atoms with van der Waals surface area (Å²) < 4.78 is 12.7. The Bertz CT molecular complexity index is 1470. The maximum Gasteiger partial charge on any atom is 0.277 e. The maximum absolute atomic E-state index is 12.8. The molecular formula is C26H23N5O3S. The number of anilines is 1. The first kappa shape index (κ1) is 22.7. The van der Waals surface area contributed by atoms with E-state index in [1.54, 1.807) is 17.0 Å². The summed E-state index contributed by atoms with van der Waals surface area (Å²) in [7, 11) is 0. The monoisotopic (exact) mass is 485 g/mol. The molecule has 0 spiro atoms. The van der Waals surface area contributed by atoms with E-state index in [2.05, 4.69) is 47.6 Å². The van der Waals surface area contributed by atoms with Gasteiger partial charge in [-0.05, 0) is 51.1 Å². The van der Waals surface area contributed by atoms with Crippen LogP contribution in [0.4, 0.5) is 5.82 Å². The van der Waals surface area contributed by atoms with Crippen LogP contribution >= 0.6 is 11.8 Å². The van der Waals surface area contributed by atoms with Crippen molar-refractivity contribution in [2.75, 3.05) is 11.1 Å². The van der Waals surface area contributed by atoms with E-state index >= 15 is 0 Å².